The second kappa shape index (κ2) is 6.06. The van der Waals surface area contributed by atoms with Crippen molar-refractivity contribution in [3.05, 3.63) is 59.7 Å². The number of carbonyl (C=O) groups is 1. The molecule has 3 rings (SSSR count). The second-order valence-corrected chi connectivity index (χ2v) is 8.52. The summed E-state index contributed by atoms with van der Waals surface area (Å²) in [6.07, 6.45) is 3.89. The molecule has 0 spiro atoms. The first-order chi connectivity index (χ1) is 11.3. The highest BCUT2D eigenvalue weighted by Gasteiger charge is 2.45. The van der Waals surface area contributed by atoms with Crippen molar-refractivity contribution in [2.24, 2.45) is 0 Å². The van der Waals surface area contributed by atoms with Crippen LogP contribution in [0.4, 0.5) is 5.69 Å². The summed E-state index contributed by atoms with van der Waals surface area (Å²) in [5.74, 6) is -0.0184. The third-order valence-electron chi connectivity index (χ3n) is 4.84. The van der Waals surface area contributed by atoms with Gasteiger partial charge in [0.05, 0.1) is 10.3 Å². The van der Waals surface area contributed by atoms with Gasteiger partial charge in [0.2, 0.25) is 5.91 Å². The molecule has 0 unspecified atom stereocenters. The normalized spacial score (nSPS) is 16.2. The van der Waals surface area contributed by atoms with Crippen molar-refractivity contribution < 1.29 is 13.2 Å². The first kappa shape index (κ1) is 16.7. The lowest BCUT2D eigenvalue weighted by Gasteiger charge is -2.40. The average Bonchev–Trinajstić information content (AvgIpc) is 2.48. The maximum Gasteiger partial charge on any atom is 0.235 e. The van der Waals surface area contributed by atoms with Crippen LogP contribution in [-0.2, 0) is 20.0 Å². The highest BCUT2D eigenvalue weighted by molar-refractivity contribution is 7.90. The predicted octanol–water partition coefficient (Wildman–Crippen LogP) is 3.46. The summed E-state index contributed by atoms with van der Waals surface area (Å²) in [6.45, 7) is 1.81. The fourth-order valence-electron chi connectivity index (χ4n) is 3.18. The lowest BCUT2D eigenvalue weighted by molar-refractivity contribution is -0.124. The van der Waals surface area contributed by atoms with Crippen molar-refractivity contribution in [1.29, 1.82) is 0 Å². The van der Waals surface area contributed by atoms with Crippen LogP contribution in [0.2, 0.25) is 0 Å². The number of amides is 1. The Morgan fingerprint density at radius 1 is 1.08 bits per heavy atom. The Morgan fingerprint density at radius 3 is 2.25 bits per heavy atom. The first-order valence-electron chi connectivity index (χ1n) is 8.01. The molecule has 0 aliphatic heterocycles. The fourth-order valence-corrected chi connectivity index (χ4v) is 3.89. The van der Waals surface area contributed by atoms with E-state index >= 15 is 0 Å². The summed E-state index contributed by atoms with van der Waals surface area (Å²) in [5, 5.41) is 3.00. The van der Waals surface area contributed by atoms with Gasteiger partial charge in [-0.05, 0) is 49.1 Å². The van der Waals surface area contributed by atoms with E-state index in [9.17, 15) is 13.2 Å². The minimum atomic E-state index is -3.25. The molecular weight excluding hydrogens is 322 g/mol. The van der Waals surface area contributed by atoms with E-state index < -0.39 is 15.3 Å². The number of anilines is 1. The van der Waals surface area contributed by atoms with Crippen molar-refractivity contribution in [3.8, 4) is 0 Å². The molecule has 0 aromatic heterocycles. The van der Waals surface area contributed by atoms with Crippen molar-refractivity contribution in [3.63, 3.8) is 0 Å². The van der Waals surface area contributed by atoms with Crippen LogP contribution in [0.1, 0.15) is 30.4 Å². The summed E-state index contributed by atoms with van der Waals surface area (Å²) in [5.41, 5.74) is 1.98. The lowest BCUT2D eigenvalue weighted by Crippen LogP contribution is -2.46. The van der Waals surface area contributed by atoms with Gasteiger partial charge < -0.3 is 5.32 Å². The molecule has 2 aromatic carbocycles. The van der Waals surface area contributed by atoms with E-state index in [2.05, 4.69) is 5.32 Å². The molecule has 0 bridgehead atoms. The molecule has 5 heteroatoms. The molecule has 0 atom stereocenters. The van der Waals surface area contributed by atoms with Gasteiger partial charge in [-0.2, -0.15) is 0 Å². The SMILES string of the molecule is Cc1cc(S(C)(=O)=O)ccc1NC(=O)C1(c2ccccc2)CCC1. The van der Waals surface area contributed by atoms with Crippen LogP contribution < -0.4 is 5.32 Å². The number of sulfone groups is 1. The van der Waals surface area contributed by atoms with Gasteiger partial charge in [0, 0.05) is 11.9 Å². The lowest BCUT2D eigenvalue weighted by atomic mass is 9.64. The van der Waals surface area contributed by atoms with E-state index in [0.29, 0.717) is 5.69 Å². The van der Waals surface area contributed by atoms with Gasteiger partial charge in [0.15, 0.2) is 9.84 Å². The Kier molecular flexibility index (Phi) is 4.22. The van der Waals surface area contributed by atoms with Crippen LogP contribution in [-0.4, -0.2) is 20.6 Å². The molecule has 1 saturated carbocycles. The van der Waals surface area contributed by atoms with Crippen LogP contribution in [0.25, 0.3) is 0 Å². The number of benzene rings is 2. The third kappa shape index (κ3) is 2.96. The van der Waals surface area contributed by atoms with E-state index in [1.165, 1.54) is 12.3 Å². The predicted molar refractivity (Wildman–Crippen MR) is 94.9 cm³/mol. The molecule has 4 nitrogen and oxygen atoms in total. The molecule has 24 heavy (non-hydrogen) atoms. The Morgan fingerprint density at radius 2 is 1.75 bits per heavy atom. The molecular formula is C19H21NO3S. The van der Waals surface area contributed by atoms with Crippen LogP contribution in [0.15, 0.2) is 53.4 Å². The van der Waals surface area contributed by atoms with Gasteiger partial charge in [0.1, 0.15) is 0 Å². The van der Waals surface area contributed by atoms with Gasteiger partial charge in [-0.15, -0.1) is 0 Å². The first-order valence-corrected chi connectivity index (χ1v) is 9.90. The van der Waals surface area contributed by atoms with Gasteiger partial charge in [-0.25, -0.2) is 8.42 Å². The molecule has 0 saturated heterocycles. The van der Waals surface area contributed by atoms with E-state index in [0.717, 1.165) is 30.4 Å². The van der Waals surface area contributed by atoms with Gasteiger partial charge >= 0.3 is 0 Å². The van der Waals surface area contributed by atoms with Crippen molar-refractivity contribution in [1.82, 2.24) is 0 Å². The third-order valence-corrected chi connectivity index (χ3v) is 5.95. The number of hydrogen-bond donors (Lipinski definition) is 1. The molecule has 1 aliphatic carbocycles. The number of rotatable bonds is 4. The smallest absolute Gasteiger partial charge is 0.235 e. The van der Waals surface area contributed by atoms with E-state index in [4.69, 9.17) is 0 Å². The van der Waals surface area contributed by atoms with Crippen molar-refractivity contribution in [2.45, 2.75) is 36.5 Å². The summed E-state index contributed by atoms with van der Waals surface area (Å²) < 4.78 is 23.3. The van der Waals surface area contributed by atoms with Crippen molar-refractivity contribution in [2.75, 3.05) is 11.6 Å². The minimum Gasteiger partial charge on any atom is -0.325 e. The molecule has 2 aromatic rings. The molecule has 0 heterocycles. The second-order valence-electron chi connectivity index (χ2n) is 6.50. The number of hydrogen-bond acceptors (Lipinski definition) is 3. The molecule has 1 fully saturated rings. The monoisotopic (exact) mass is 343 g/mol. The Labute approximate surface area is 142 Å². The van der Waals surface area contributed by atoms with Crippen molar-refractivity contribution >= 4 is 21.4 Å². The highest BCUT2D eigenvalue weighted by Crippen LogP contribution is 2.44. The quantitative estimate of drug-likeness (QED) is 0.925. The summed E-state index contributed by atoms with van der Waals surface area (Å²) in [4.78, 5) is 13.2. The number of carbonyl (C=O) groups excluding carboxylic acids is 1. The fraction of sp³-hybridized carbons (Fsp3) is 0.316. The van der Waals surface area contributed by atoms with Gasteiger partial charge in [-0.3, -0.25) is 4.79 Å². The van der Waals surface area contributed by atoms with Crippen LogP contribution >= 0.6 is 0 Å². The van der Waals surface area contributed by atoms with Crippen LogP contribution in [0, 0.1) is 6.92 Å². The Bertz CT molecular complexity index is 869. The number of aryl methyl sites for hydroxylation is 1. The van der Waals surface area contributed by atoms with Gasteiger partial charge in [-0.1, -0.05) is 36.8 Å². The topological polar surface area (TPSA) is 63.2 Å². The summed E-state index contributed by atoms with van der Waals surface area (Å²) in [6, 6.07) is 14.7. The highest BCUT2D eigenvalue weighted by atomic mass is 32.2. The minimum absolute atomic E-state index is 0.0184. The molecule has 1 aliphatic rings. The largest absolute Gasteiger partial charge is 0.325 e. The zero-order chi connectivity index (χ0) is 17.4. The van der Waals surface area contributed by atoms with E-state index in [1.54, 1.807) is 19.1 Å². The molecule has 126 valence electrons. The van der Waals surface area contributed by atoms with Gasteiger partial charge in [0.25, 0.3) is 0 Å². The average molecular weight is 343 g/mol. The maximum absolute atomic E-state index is 12.9. The van der Waals surface area contributed by atoms with Crippen LogP contribution in [0.5, 0.6) is 0 Å². The molecule has 0 radical (unpaired) electrons. The standard InChI is InChI=1S/C19H21NO3S/c1-14-13-16(24(2,22)23)9-10-17(14)20-18(21)19(11-6-12-19)15-7-4-3-5-8-15/h3-5,7-10,13H,6,11-12H2,1-2H3,(H,20,21). The summed E-state index contributed by atoms with van der Waals surface area (Å²) >= 11 is 0. The summed E-state index contributed by atoms with van der Waals surface area (Å²) in [7, 11) is -3.25. The van der Waals surface area contributed by atoms with Crippen LogP contribution in [0.3, 0.4) is 0 Å². The zero-order valence-corrected chi connectivity index (χ0v) is 14.7. The Hall–Kier alpha value is -2.14. The molecule has 1 N–H and O–H groups in total. The van der Waals surface area contributed by atoms with E-state index in [-0.39, 0.29) is 10.8 Å². The number of nitrogens with one attached hydrogen (secondary N) is 1. The molecule has 1 amide bonds. The van der Waals surface area contributed by atoms with E-state index in [1.807, 2.05) is 30.3 Å². The maximum atomic E-state index is 12.9. The Balaban J connectivity index is 1.87. The zero-order valence-electron chi connectivity index (χ0n) is 13.9.